The van der Waals surface area contributed by atoms with Gasteiger partial charge >= 0.3 is 0 Å². The van der Waals surface area contributed by atoms with Crippen LogP contribution in [0.2, 0.25) is 10.0 Å². The summed E-state index contributed by atoms with van der Waals surface area (Å²) in [5.41, 5.74) is -2.65. The topological polar surface area (TPSA) is 107 Å². The Bertz CT molecular complexity index is 1570. The van der Waals surface area contributed by atoms with Crippen LogP contribution in [0.15, 0.2) is 59.5 Å². The zero-order chi connectivity index (χ0) is 30.1. The van der Waals surface area contributed by atoms with Crippen LogP contribution in [-0.4, -0.2) is 34.3 Å². The molecule has 0 bridgehead atoms. The Balaban J connectivity index is 1.96. The second kappa shape index (κ2) is 11.9. The standard InChI is InChI=1S/C30H30Cl2F2N4O3/c1-29(2,10-12-39)15-23-30(16-35,20-8-7-17(31)13-22(20)33)25(19-5-4-6-21(32)26(19)34)27(37-23)28(41)36-18-9-11-38(3)24(40)14-18/h4-9,11,13-14,23,25,27,37,39H,10,12,15H2,1-3H3,(H,36,41)/t23-,25-,27?,30-/m0/s1. The summed E-state index contributed by atoms with van der Waals surface area (Å²) in [5.74, 6) is -3.54. The van der Waals surface area contributed by atoms with Crippen molar-refractivity contribution in [3.05, 3.63) is 97.9 Å². The molecule has 1 unspecified atom stereocenters. The molecule has 0 spiro atoms. The predicted molar refractivity (Wildman–Crippen MR) is 154 cm³/mol. The Morgan fingerprint density at radius 1 is 1.22 bits per heavy atom. The lowest BCUT2D eigenvalue weighted by Gasteiger charge is -2.38. The molecule has 0 radical (unpaired) electrons. The number of pyridine rings is 1. The van der Waals surface area contributed by atoms with Crippen LogP contribution in [0.25, 0.3) is 0 Å². The highest BCUT2D eigenvalue weighted by Gasteiger charge is 2.61. The van der Waals surface area contributed by atoms with Crippen molar-refractivity contribution < 1.29 is 18.7 Å². The third-order valence-electron chi connectivity index (χ3n) is 7.83. The minimum Gasteiger partial charge on any atom is -0.396 e. The summed E-state index contributed by atoms with van der Waals surface area (Å²) in [6.07, 6.45) is 2.06. The zero-order valence-corrected chi connectivity index (χ0v) is 24.2. The number of rotatable bonds is 8. The highest BCUT2D eigenvalue weighted by atomic mass is 35.5. The van der Waals surface area contributed by atoms with E-state index in [-0.39, 0.29) is 45.4 Å². The van der Waals surface area contributed by atoms with Crippen LogP contribution in [0, 0.1) is 28.4 Å². The van der Waals surface area contributed by atoms with Crippen LogP contribution in [-0.2, 0) is 17.3 Å². The molecule has 4 rings (SSSR count). The van der Waals surface area contributed by atoms with Crippen molar-refractivity contribution in [2.45, 2.75) is 50.1 Å². The summed E-state index contributed by atoms with van der Waals surface area (Å²) in [5, 5.41) is 26.4. The first kappa shape index (κ1) is 30.7. The molecule has 1 fully saturated rings. The van der Waals surface area contributed by atoms with Crippen molar-refractivity contribution in [3.63, 3.8) is 0 Å². The summed E-state index contributed by atoms with van der Waals surface area (Å²) in [6, 6.07) is 11.1. The molecule has 1 amide bonds. The Hall–Kier alpha value is -3.29. The van der Waals surface area contributed by atoms with Gasteiger partial charge in [0.25, 0.3) is 5.56 Å². The van der Waals surface area contributed by atoms with Gasteiger partial charge in [-0.2, -0.15) is 5.26 Å². The molecule has 3 aromatic rings. The third-order valence-corrected chi connectivity index (χ3v) is 8.36. The fraction of sp³-hybridized carbons (Fsp3) is 0.367. The van der Waals surface area contributed by atoms with Gasteiger partial charge in [0, 0.05) is 54.2 Å². The lowest BCUT2D eigenvalue weighted by atomic mass is 9.62. The molecule has 1 aliphatic rings. The first-order valence-corrected chi connectivity index (χ1v) is 13.8. The number of carbonyl (C=O) groups is 1. The minimum absolute atomic E-state index is 0.0486. The maximum Gasteiger partial charge on any atom is 0.252 e. The van der Waals surface area contributed by atoms with E-state index in [0.29, 0.717) is 6.42 Å². The summed E-state index contributed by atoms with van der Waals surface area (Å²) < 4.78 is 32.9. The molecule has 41 heavy (non-hydrogen) atoms. The Morgan fingerprint density at radius 2 is 1.95 bits per heavy atom. The lowest BCUT2D eigenvalue weighted by molar-refractivity contribution is -0.118. The van der Waals surface area contributed by atoms with Crippen LogP contribution in [0.3, 0.4) is 0 Å². The molecule has 11 heteroatoms. The number of nitriles is 1. The van der Waals surface area contributed by atoms with E-state index in [0.717, 1.165) is 6.07 Å². The summed E-state index contributed by atoms with van der Waals surface area (Å²) in [7, 11) is 1.56. The van der Waals surface area contributed by atoms with E-state index < -0.39 is 46.4 Å². The van der Waals surface area contributed by atoms with Gasteiger partial charge in [-0.05, 0) is 48.1 Å². The number of hydrogen-bond acceptors (Lipinski definition) is 5. The van der Waals surface area contributed by atoms with E-state index in [2.05, 4.69) is 16.7 Å². The predicted octanol–water partition coefficient (Wildman–Crippen LogP) is 5.29. The van der Waals surface area contributed by atoms with Gasteiger partial charge in [0.15, 0.2) is 0 Å². The number of aliphatic hydroxyl groups excluding tert-OH is 1. The molecule has 1 saturated heterocycles. The highest BCUT2D eigenvalue weighted by molar-refractivity contribution is 6.31. The van der Waals surface area contributed by atoms with Gasteiger partial charge in [-0.1, -0.05) is 55.2 Å². The van der Waals surface area contributed by atoms with E-state index in [9.17, 15) is 20.0 Å². The van der Waals surface area contributed by atoms with E-state index >= 15 is 8.78 Å². The molecular formula is C30H30Cl2F2N4O3. The quantitative estimate of drug-likeness (QED) is 0.324. The van der Waals surface area contributed by atoms with Crippen molar-refractivity contribution in [3.8, 4) is 6.07 Å². The first-order valence-electron chi connectivity index (χ1n) is 13.0. The van der Waals surface area contributed by atoms with Gasteiger partial charge in [-0.25, -0.2) is 8.78 Å². The van der Waals surface area contributed by atoms with E-state index in [1.54, 1.807) is 7.05 Å². The van der Waals surface area contributed by atoms with Gasteiger partial charge < -0.3 is 20.3 Å². The maximum atomic E-state index is 15.8. The van der Waals surface area contributed by atoms with Crippen molar-refractivity contribution in [2.75, 3.05) is 11.9 Å². The second-order valence-electron chi connectivity index (χ2n) is 11.1. The van der Waals surface area contributed by atoms with Crippen molar-refractivity contribution in [1.82, 2.24) is 9.88 Å². The fourth-order valence-electron chi connectivity index (χ4n) is 5.75. The largest absolute Gasteiger partial charge is 0.396 e. The SMILES string of the molecule is Cn1ccc(NC(=O)C2N[C@@H](CC(C)(C)CCO)[C@](C#N)(c3ccc(Cl)cc3F)[C@H]2c2cccc(Cl)c2F)cc1=O. The van der Waals surface area contributed by atoms with Gasteiger partial charge in [0.1, 0.15) is 17.0 Å². The van der Waals surface area contributed by atoms with E-state index in [1.807, 2.05) is 13.8 Å². The average molecular weight is 603 g/mol. The number of aliphatic hydroxyl groups is 1. The van der Waals surface area contributed by atoms with Gasteiger partial charge in [0.05, 0.1) is 17.1 Å². The van der Waals surface area contributed by atoms with E-state index in [1.165, 1.54) is 53.2 Å². The normalized spacial score (nSPS) is 22.4. The Kier molecular flexibility index (Phi) is 8.90. The average Bonchev–Trinajstić information content (AvgIpc) is 3.21. The number of nitrogens with zero attached hydrogens (tertiary/aromatic N) is 2. The Morgan fingerprint density at radius 3 is 2.59 bits per heavy atom. The molecule has 7 nitrogen and oxygen atoms in total. The van der Waals surface area contributed by atoms with Crippen molar-refractivity contribution in [1.29, 1.82) is 5.26 Å². The molecule has 1 aliphatic heterocycles. The van der Waals surface area contributed by atoms with Gasteiger partial charge in [-0.3, -0.25) is 9.59 Å². The van der Waals surface area contributed by atoms with Crippen LogP contribution < -0.4 is 16.2 Å². The second-order valence-corrected chi connectivity index (χ2v) is 12.0. The minimum atomic E-state index is -1.82. The number of carbonyl (C=O) groups excluding carboxylic acids is 1. The number of nitrogens with one attached hydrogen (secondary N) is 2. The van der Waals surface area contributed by atoms with E-state index in [4.69, 9.17) is 23.2 Å². The number of benzene rings is 2. The van der Waals surface area contributed by atoms with Gasteiger partial charge in [-0.15, -0.1) is 0 Å². The molecule has 216 valence electrons. The summed E-state index contributed by atoms with van der Waals surface area (Å²) in [6.45, 7) is 3.63. The molecule has 1 aromatic heterocycles. The molecule has 2 heterocycles. The lowest BCUT2D eigenvalue weighted by Crippen LogP contribution is -2.45. The van der Waals surface area contributed by atoms with Gasteiger partial charge in [0.2, 0.25) is 5.91 Å². The van der Waals surface area contributed by atoms with Crippen molar-refractivity contribution in [2.24, 2.45) is 12.5 Å². The molecule has 0 aliphatic carbocycles. The van der Waals surface area contributed by atoms with Crippen LogP contribution >= 0.6 is 23.2 Å². The smallest absolute Gasteiger partial charge is 0.252 e. The zero-order valence-electron chi connectivity index (χ0n) is 22.7. The van der Waals surface area contributed by atoms with Crippen molar-refractivity contribution >= 4 is 34.8 Å². The number of halogens is 4. The summed E-state index contributed by atoms with van der Waals surface area (Å²) >= 11 is 12.2. The Labute approximate surface area is 246 Å². The molecule has 0 saturated carbocycles. The molecular weight excluding hydrogens is 573 g/mol. The van der Waals surface area contributed by atoms with Crippen LogP contribution in [0.5, 0.6) is 0 Å². The number of amides is 1. The molecule has 2 aromatic carbocycles. The third kappa shape index (κ3) is 5.88. The van der Waals surface area contributed by atoms with Crippen LogP contribution in [0.4, 0.5) is 14.5 Å². The fourth-order valence-corrected chi connectivity index (χ4v) is 6.09. The number of aryl methyl sites for hydroxylation is 1. The number of aromatic nitrogens is 1. The number of anilines is 1. The van der Waals surface area contributed by atoms with Crippen LogP contribution in [0.1, 0.15) is 43.7 Å². The highest BCUT2D eigenvalue weighted by Crippen LogP contribution is 2.53. The molecule has 3 N–H and O–H groups in total. The summed E-state index contributed by atoms with van der Waals surface area (Å²) in [4.78, 5) is 26.1. The molecule has 4 atom stereocenters. The number of hydrogen-bond donors (Lipinski definition) is 3. The monoisotopic (exact) mass is 602 g/mol. The maximum absolute atomic E-state index is 15.8. The first-order chi connectivity index (χ1) is 19.3.